The van der Waals surface area contributed by atoms with Crippen LogP contribution in [0.25, 0.3) is 0 Å². The molecule has 1 amide bonds. The Hall–Kier alpha value is -3.64. The van der Waals surface area contributed by atoms with Gasteiger partial charge in [0.15, 0.2) is 5.96 Å². The highest BCUT2D eigenvalue weighted by molar-refractivity contribution is 7.89. The Bertz CT molecular complexity index is 1260. The molecule has 0 aliphatic carbocycles. The average molecular weight is 543 g/mol. The van der Waals surface area contributed by atoms with Gasteiger partial charge in [-0.3, -0.25) is 14.6 Å². The monoisotopic (exact) mass is 542 g/mol. The lowest BCUT2D eigenvalue weighted by Crippen LogP contribution is -2.62. The number of guanidine groups is 1. The maximum Gasteiger partial charge on any atom is 0.323 e. The summed E-state index contributed by atoms with van der Waals surface area (Å²) in [6.07, 6.45) is 1.05. The lowest BCUT2D eigenvalue weighted by Gasteiger charge is -2.47. The third-order valence-electron chi connectivity index (χ3n) is 6.65. The smallest absolute Gasteiger partial charge is 0.323 e. The first kappa shape index (κ1) is 27.4. The molecule has 0 spiro atoms. The summed E-state index contributed by atoms with van der Waals surface area (Å²) in [5, 5.41) is 15.4. The van der Waals surface area contributed by atoms with Crippen LogP contribution >= 0.6 is 0 Å². The van der Waals surface area contributed by atoms with Crippen molar-refractivity contribution in [3.8, 4) is 0 Å². The molecule has 11 nitrogen and oxygen atoms in total. The van der Waals surface area contributed by atoms with Crippen LogP contribution in [0.15, 0.2) is 64.5 Å². The fourth-order valence-electron chi connectivity index (χ4n) is 4.80. The Kier molecular flexibility index (Phi) is 8.52. The van der Waals surface area contributed by atoms with Gasteiger partial charge in [-0.15, -0.1) is 0 Å². The molecule has 2 aromatic rings. The third kappa shape index (κ3) is 6.43. The number of nitrogens with zero attached hydrogens (tertiary/aromatic N) is 3. The summed E-state index contributed by atoms with van der Waals surface area (Å²) < 4.78 is 27.1. The predicted molar refractivity (Wildman–Crippen MR) is 145 cm³/mol. The minimum absolute atomic E-state index is 0.0550. The summed E-state index contributed by atoms with van der Waals surface area (Å²) in [7, 11) is -4.06. The number of anilines is 1. The van der Waals surface area contributed by atoms with E-state index in [1.165, 1.54) is 12.1 Å². The molecular weight excluding hydrogens is 508 g/mol. The number of nitrogens with one attached hydrogen (secondary N) is 3. The molecule has 4 rings (SSSR count). The molecule has 4 N–H and O–H groups in total. The van der Waals surface area contributed by atoms with E-state index in [9.17, 15) is 23.1 Å². The molecule has 204 valence electrons. The number of carboxylic acids is 1. The number of hydrogen-bond donors (Lipinski definition) is 4. The number of carbonyl (C=O) groups is 2. The molecule has 2 aliphatic rings. The van der Waals surface area contributed by atoms with Crippen LogP contribution in [0, 0.1) is 0 Å². The summed E-state index contributed by atoms with van der Waals surface area (Å²) in [4.78, 5) is 33.6. The second kappa shape index (κ2) is 11.8. The zero-order valence-electron chi connectivity index (χ0n) is 21.5. The largest absolute Gasteiger partial charge is 0.480 e. The van der Waals surface area contributed by atoms with Crippen molar-refractivity contribution in [2.75, 3.05) is 37.6 Å². The van der Waals surface area contributed by atoms with Crippen LogP contribution < -0.4 is 20.3 Å². The molecule has 0 bridgehead atoms. The Morgan fingerprint density at radius 2 is 1.74 bits per heavy atom. The van der Waals surface area contributed by atoms with Gasteiger partial charge in [0.1, 0.15) is 6.04 Å². The first-order chi connectivity index (χ1) is 18.2. The molecule has 2 aromatic carbocycles. The van der Waals surface area contributed by atoms with Gasteiger partial charge in [-0.2, -0.15) is 4.72 Å². The van der Waals surface area contributed by atoms with Crippen LogP contribution in [0.2, 0.25) is 0 Å². The molecular formula is C26H34N6O5S. The van der Waals surface area contributed by atoms with E-state index in [2.05, 4.69) is 44.0 Å². The Balaban J connectivity index is 1.35. The number of piperazine rings is 1. The van der Waals surface area contributed by atoms with Crippen LogP contribution in [-0.4, -0.2) is 87.1 Å². The van der Waals surface area contributed by atoms with Crippen LogP contribution in [0.1, 0.15) is 30.6 Å². The lowest BCUT2D eigenvalue weighted by atomic mass is 10.1. The van der Waals surface area contributed by atoms with Crippen molar-refractivity contribution in [1.82, 2.24) is 20.3 Å². The molecule has 2 unspecified atom stereocenters. The van der Waals surface area contributed by atoms with E-state index >= 15 is 0 Å². The number of carboxylic acid groups (broad SMARTS) is 1. The summed E-state index contributed by atoms with van der Waals surface area (Å²) in [6.45, 7) is 7.34. The van der Waals surface area contributed by atoms with Gasteiger partial charge in [0.05, 0.1) is 4.90 Å². The van der Waals surface area contributed by atoms with Gasteiger partial charge in [-0.05, 0) is 56.7 Å². The molecule has 0 radical (unpaired) electrons. The van der Waals surface area contributed by atoms with Gasteiger partial charge in [-0.1, -0.05) is 18.2 Å². The molecule has 3 atom stereocenters. The van der Waals surface area contributed by atoms with E-state index in [1.54, 1.807) is 30.3 Å². The molecule has 1 saturated heterocycles. The minimum atomic E-state index is -4.06. The number of aliphatic imine (C=N–C) groups is 1. The van der Waals surface area contributed by atoms with E-state index in [0.717, 1.165) is 44.2 Å². The standard InChI is InChI=1S/C26H34N6O5S/c1-18-16-31(17-19(2)32(18)26-27-13-6-14-28-26)21-11-9-20(10-12-21)24(33)29-15-23(25(34)35)30-38(36,37)22-7-4-3-5-8-22/h3-5,7-12,18-19,23,30H,6,13-17H2,1-2H3,(H,27,28)(H,29,33)(H,34,35)/t18?,19?,23-/m0/s1. The Morgan fingerprint density at radius 3 is 2.32 bits per heavy atom. The van der Waals surface area contributed by atoms with Gasteiger partial charge in [-0.25, -0.2) is 8.42 Å². The maximum absolute atomic E-state index is 12.7. The molecule has 2 aliphatic heterocycles. The Morgan fingerprint density at radius 1 is 1.08 bits per heavy atom. The molecule has 12 heteroatoms. The van der Waals surface area contributed by atoms with Crippen molar-refractivity contribution in [2.45, 2.75) is 43.3 Å². The Labute approximate surface area is 223 Å². The first-order valence-electron chi connectivity index (χ1n) is 12.7. The van der Waals surface area contributed by atoms with E-state index in [4.69, 9.17) is 0 Å². The van der Waals surface area contributed by atoms with Gasteiger partial charge in [0, 0.05) is 56.1 Å². The second-order valence-electron chi connectivity index (χ2n) is 9.58. The number of hydrogen-bond acceptors (Lipinski definition) is 8. The van der Waals surface area contributed by atoms with Gasteiger partial charge < -0.3 is 25.5 Å². The summed E-state index contributed by atoms with van der Waals surface area (Å²) in [5.74, 6) is -0.916. The first-order valence-corrected chi connectivity index (χ1v) is 14.1. The number of rotatable bonds is 8. The van der Waals surface area contributed by atoms with E-state index in [0.29, 0.717) is 5.56 Å². The van der Waals surface area contributed by atoms with Crippen molar-refractivity contribution in [1.29, 1.82) is 0 Å². The topological polar surface area (TPSA) is 143 Å². The minimum Gasteiger partial charge on any atom is -0.480 e. The van der Waals surface area contributed by atoms with Gasteiger partial charge >= 0.3 is 5.97 Å². The fourth-order valence-corrected chi connectivity index (χ4v) is 6.01. The summed E-state index contributed by atoms with van der Waals surface area (Å²) in [6, 6.07) is 13.5. The number of benzene rings is 2. The number of aliphatic carboxylic acids is 1. The normalized spacial score (nSPS) is 20.7. The quantitative estimate of drug-likeness (QED) is 0.388. The molecule has 2 heterocycles. The highest BCUT2D eigenvalue weighted by atomic mass is 32.2. The maximum atomic E-state index is 12.7. The van der Waals surface area contributed by atoms with E-state index in [1.807, 2.05) is 12.1 Å². The highest BCUT2D eigenvalue weighted by Gasteiger charge is 2.32. The number of amides is 1. The van der Waals surface area contributed by atoms with E-state index in [-0.39, 0.29) is 17.0 Å². The molecule has 0 saturated carbocycles. The van der Waals surface area contributed by atoms with Crippen LogP contribution in [0.5, 0.6) is 0 Å². The van der Waals surface area contributed by atoms with Crippen molar-refractivity contribution >= 4 is 33.5 Å². The van der Waals surface area contributed by atoms with Crippen molar-refractivity contribution in [3.05, 3.63) is 60.2 Å². The predicted octanol–water partition coefficient (Wildman–Crippen LogP) is 1.10. The fraction of sp³-hybridized carbons (Fsp3) is 0.423. The van der Waals surface area contributed by atoms with Gasteiger partial charge in [0.25, 0.3) is 5.91 Å². The SMILES string of the molecule is CC1CN(c2ccc(C(=O)NC[C@H](NS(=O)(=O)c3ccccc3)C(=O)O)cc2)CC(C)N1C1=NCCCN1. The molecule has 0 aromatic heterocycles. The summed E-state index contributed by atoms with van der Waals surface area (Å²) in [5.41, 5.74) is 1.33. The van der Waals surface area contributed by atoms with Crippen LogP contribution in [-0.2, 0) is 14.8 Å². The number of sulfonamides is 1. The zero-order valence-corrected chi connectivity index (χ0v) is 22.3. The lowest BCUT2D eigenvalue weighted by molar-refractivity contribution is -0.138. The van der Waals surface area contributed by atoms with Crippen LogP contribution in [0.4, 0.5) is 5.69 Å². The van der Waals surface area contributed by atoms with Crippen molar-refractivity contribution in [2.24, 2.45) is 4.99 Å². The summed E-state index contributed by atoms with van der Waals surface area (Å²) >= 11 is 0. The second-order valence-corrected chi connectivity index (χ2v) is 11.3. The molecule has 1 fully saturated rings. The van der Waals surface area contributed by atoms with E-state index < -0.39 is 34.5 Å². The van der Waals surface area contributed by atoms with Crippen molar-refractivity contribution in [3.63, 3.8) is 0 Å². The third-order valence-corrected chi connectivity index (χ3v) is 8.14. The molecule has 38 heavy (non-hydrogen) atoms. The highest BCUT2D eigenvalue weighted by Crippen LogP contribution is 2.23. The van der Waals surface area contributed by atoms with Crippen molar-refractivity contribution < 1.29 is 23.1 Å². The average Bonchev–Trinajstić information content (AvgIpc) is 2.91. The zero-order chi connectivity index (χ0) is 27.3. The van der Waals surface area contributed by atoms with Gasteiger partial charge in [0.2, 0.25) is 10.0 Å². The number of carbonyl (C=O) groups excluding carboxylic acids is 1. The van der Waals surface area contributed by atoms with Crippen LogP contribution in [0.3, 0.4) is 0 Å².